The summed E-state index contributed by atoms with van der Waals surface area (Å²) in [4.78, 5) is 0.502. The molecule has 0 unspecified atom stereocenters. The second kappa shape index (κ2) is 9.12. The van der Waals surface area contributed by atoms with Gasteiger partial charge in [0.2, 0.25) is 0 Å². The lowest BCUT2D eigenvalue weighted by Gasteiger charge is -2.11. The Balaban J connectivity index is 3.00. The van der Waals surface area contributed by atoms with Gasteiger partial charge in [0.1, 0.15) is 10.7 Å². The number of nitrogens with one attached hydrogen (secondary N) is 1. The van der Waals surface area contributed by atoms with Crippen molar-refractivity contribution in [3.8, 4) is 5.75 Å². The molecular weight excluding hydrogens is 284 g/mol. The zero-order chi connectivity index (χ0) is 15.7. The van der Waals surface area contributed by atoms with Gasteiger partial charge in [-0.2, -0.15) is 0 Å². The average molecular weight is 306 g/mol. The smallest absolute Gasteiger partial charge is 0.150 e. The number of anilines is 1. The summed E-state index contributed by atoms with van der Waals surface area (Å²) < 4.78 is 5.83. The zero-order valence-electron chi connectivity index (χ0n) is 12.1. The van der Waals surface area contributed by atoms with E-state index in [9.17, 15) is 0 Å². The van der Waals surface area contributed by atoms with Crippen LogP contribution in [0.1, 0.15) is 18.9 Å². The third-order valence-corrected chi connectivity index (χ3v) is 2.87. The van der Waals surface area contributed by atoms with Crippen LogP contribution in [0.25, 0.3) is 0 Å². The molecule has 21 heavy (non-hydrogen) atoms. The maximum Gasteiger partial charge on any atom is 0.150 e. The second-order valence-electron chi connectivity index (χ2n) is 4.28. The van der Waals surface area contributed by atoms with Gasteiger partial charge in [-0.05, 0) is 30.2 Å². The quantitative estimate of drug-likeness (QED) is 0.153. The topological polar surface area (TPSA) is 99.3 Å². The Morgan fingerprint density at radius 2 is 2.14 bits per heavy atom. The molecule has 1 aromatic rings. The number of rotatable bonds is 7. The molecule has 0 saturated heterocycles. The molecular formula is C15H22N4OS. The van der Waals surface area contributed by atoms with E-state index in [-0.39, 0.29) is 6.67 Å². The molecule has 1 aromatic carbocycles. The van der Waals surface area contributed by atoms with Crippen LogP contribution in [0, 0.1) is 0 Å². The Bertz CT molecular complexity index is 540. The van der Waals surface area contributed by atoms with Crippen LogP contribution in [-0.4, -0.2) is 11.7 Å². The fraction of sp³-hybridized carbons (Fsp3) is 0.267. The molecule has 114 valence electrons. The van der Waals surface area contributed by atoms with E-state index in [2.05, 4.69) is 5.32 Å². The summed E-state index contributed by atoms with van der Waals surface area (Å²) in [5, 5.41) is 2.84. The van der Waals surface area contributed by atoms with Crippen LogP contribution >= 0.6 is 12.2 Å². The highest BCUT2D eigenvalue weighted by molar-refractivity contribution is 7.80. The fourth-order valence-corrected chi connectivity index (χ4v) is 1.75. The number of nitrogens with two attached hydrogens (primary N) is 3. The lowest BCUT2D eigenvalue weighted by Crippen LogP contribution is -2.26. The highest BCUT2D eigenvalue weighted by Crippen LogP contribution is 2.25. The Hall–Kier alpha value is -1.89. The molecule has 0 spiro atoms. The van der Waals surface area contributed by atoms with Crippen LogP contribution in [0.5, 0.6) is 5.75 Å². The number of benzene rings is 1. The summed E-state index contributed by atoms with van der Waals surface area (Å²) in [5.41, 5.74) is 18.4. The van der Waals surface area contributed by atoms with Crippen molar-refractivity contribution in [1.82, 2.24) is 5.32 Å². The first kappa shape index (κ1) is 17.2. The number of thiocarbonyl (C=S) groups is 1. The van der Waals surface area contributed by atoms with Crippen LogP contribution in [0.2, 0.25) is 0 Å². The van der Waals surface area contributed by atoms with E-state index >= 15 is 0 Å². The predicted molar refractivity (Wildman–Crippen MR) is 91.7 cm³/mol. The van der Waals surface area contributed by atoms with Crippen LogP contribution < -0.4 is 27.3 Å². The van der Waals surface area contributed by atoms with Crippen LogP contribution in [-0.2, 0) is 6.54 Å². The van der Waals surface area contributed by atoms with Crippen LogP contribution in [0.3, 0.4) is 0 Å². The van der Waals surface area contributed by atoms with Crippen LogP contribution in [0.15, 0.2) is 42.2 Å². The van der Waals surface area contributed by atoms with Gasteiger partial charge in [0.25, 0.3) is 0 Å². The molecule has 5 nitrogen and oxygen atoms in total. The molecule has 7 N–H and O–H groups in total. The van der Waals surface area contributed by atoms with E-state index in [0.717, 1.165) is 12.0 Å². The number of ether oxygens (including phenoxy) is 1. The van der Waals surface area contributed by atoms with Crippen molar-refractivity contribution in [2.75, 3.05) is 12.4 Å². The summed E-state index contributed by atoms with van der Waals surface area (Å²) in [6.07, 6.45) is 6.40. The minimum atomic E-state index is 0.269. The van der Waals surface area contributed by atoms with Crippen LogP contribution in [0.4, 0.5) is 5.69 Å². The molecule has 1 rings (SSSR count). The maximum absolute atomic E-state index is 5.92. The van der Waals surface area contributed by atoms with Gasteiger partial charge in [0.05, 0.1) is 12.4 Å². The molecule has 0 fully saturated rings. The van der Waals surface area contributed by atoms with Gasteiger partial charge in [0, 0.05) is 12.6 Å². The Morgan fingerprint density at radius 3 is 2.76 bits per heavy atom. The third kappa shape index (κ3) is 5.95. The molecule has 0 heterocycles. The highest BCUT2D eigenvalue weighted by atomic mass is 32.1. The molecule has 0 bridgehead atoms. The standard InChI is InChI=1S/C15H22N4OS/c1-2-3-4-12(8-15(21)19-10-17)20-14-7-11(9-16)5-6-13(14)18/h3-8H,2,9-10,16-18H2,1H3,(H,19,21)/b4-3?,12-8+. The van der Waals surface area contributed by atoms with Gasteiger partial charge in [-0.15, -0.1) is 0 Å². The average Bonchev–Trinajstić information content (AvgIpc) is 2.47. The Kier molecular flexibility index (Phi) is 7.45. The summed E-state index contributed by atoms with van der Waals surface area (Å²) in [6.45, 7) is 2.73. The zero-order valence-corrected chi connectivity index (χ0v) is 13.0. The lowest BCUT2D eigenvalue weighted by atomic mass is 10.2. The van der Waals surface area contributed by atoms with Gasteiger partial charge in [0.15, 0.2) is 5.75 Å². The number of hydrogen-bond acceptors (Lipinski definition) is 5. The molecule has 6 heteroatoms. The minimum absolute atomic E-state index is 0.269. The Labute approximate surface area is 130 Å². The SMILES string of the molecule is CCC=C/C(=C\C(=S)NCN)Oc1cc(CN)ccc1N. The first-order chi connectivity index (χ1) is 10.1. The van der Waals surface area contributed by atoms with Crippen molar-refractivity contribution in [3.63, 3.8) is 0 Å². The maximum atomic E-state index is 5.92. The third-order valence-electron chi connectivity index (χ3n) is 2.61. The number of hydrogen-bond donors (Lipinski definition) is 4. The molecule has 0 aromatic heterocycles. The summed E-state index contributed by atoms with van der Waals surface area (Å²) >= 11 is 5.14. The molecule has 0 aliphatic heterocycles. The summed E-state index contributed by atoms with van der Waals surface area (Å²) in [6, 6.07) is 5.46. The normalized spacial score (nSPS) is 11.7. The molecule has 0 aliphatic carbocycles. The van der Waals surface area contributed by atoms with Crippen molar-refractivity contribution in [2.45, 2.75) is 19.9 Å². The lowest BCUT2D eigenvalue weighted by molar-refractivity contribution is 0.446. The van der Waals surface area contributed by atoms with Gasteiger partial charge >= 0.3 is 0 Å². The Morgan fingerprint density at radius 1 is 1.38 bits per heavy atom. The highest BCUT2D eigenvalue weighted by Gasteiger charge is 2.05. The first-order valence-electron chi connectivity index (χ1n) is 6.73. The van der Waals surface area contributed by atoms with E-state index in [1.807, 2.05) is 31.2 Å². The predicted octanol–water partition coefficient (Wildman–Crippen LogP) is 1.79. The summed E-state index contributed by atoms with van der Waals surface area (Å²) in [5.74, 6) is 1.14. The van der Waals surface area contributed by atoms with Gasteiger partial charge < -0.3 is 27.3 Å². The van der Waals surface area contributed by atoms with E-state index in [1.54, 1.807) is 12.1 Å². The number of nitrogen functional groups attached to an aromatic ring is 1. The largest absolute Gasteiger partial charge is 0.455 e. The van der Waals surface area contributed by atoms with Gasteiger partial charge in [-0.1, -0.05) is 31.3 Å². The first-order valence-corrected chi connectivity index (χ1v) is 7.14. The van der Waals surface area contributed by atoms with E-state index in [1.165, 1.54) is 0 Å². The minimum Gasteiger partial charge on any atom is -0.455 e. The molecule has 0 atom stereocenters. The van der Waals surface area contributed by atoms with Gasteiger partial charge in [-0.25, -0.2) is 0 Å². The molecule has 0 radical (unpaired) electrons. The van der Waals surface area contributed by atoms with Crippen molar-refractivity contribution in [3.05, 3.63) is 47.7 Å². The molecule has 0 saturated carbocycles. The fourth-order valence-electron chi connectivity index (χ4n) is 1.55. The van der Waals surface area contributed by atoms with Crippen molar-refractivity contribution >= 4 is 22.9 Å². The molecule has 0 amide bonds. The van der Waals surface area contributed by atoms with E-state index < -0.39 is 0 Å². The number of allylic oxidation sites excluding steroid dienone is 2. The van der Waals surface area contributed by atoms with Crippen molar-refractivity contribution in [1.29, 1.82) is 0 Å². The van der Waals surface area contributed by atoms with E-state index in [0.29, 0.717) is 28.7 Å². The summed E-state index contributed by atoms with van der Waals surface area (Å²) in [7, 11) is 0. The monoisotopic (exact) mass is 306 g/mol. The van der Waals surface area contributed by atoms with Crippen molar-refractivity contribution in [2.24, 2.45) is 11.5 Å². The van der Waals surface area contributed by atoms with Gasteiger partial charge in [-0.3, -0.25) is 0 Å². The van der Waals surface area contributed by atoms with E-state index in [4.69, 9.17) is 34.2 Å². The van der Waals surface area contributed by atoms with Crippen molar-refractivity contribution < 1.29 is 4.74 Å². The second-order valence-corrected chi connectivity index (χ2v) is 4.72. The molecule has 0 aliphatic rings.